The molecule has 1 aliphatic carbocycles. The first kappa shape index (κ1) is 35.0. The van der Waals surface area contributed by atoms with Crippen LogP contribution in [0.5, 0.6) is 0 Å². The third-order valence-corrected chi connectivity index (χ3v) is 8.63. The summed E-state index contributed by atoms with van der Waals surface area (Å²) in [5.74, 6) is -0.754. The summed E-state index contributed by atoms with van der Waals surface area (Å²) < 4.78 is 23.8. The zero-order chi connectivity index (χ0) is 33.7. The van der Waals surface area contributed by atoms with Crippen LogP contribution in [-0.2, 0) is 25.4 Å². The molecule has 0 saturated carbocycles. The monoisotopic (exact) mass is 697 g/mol. The van der Waals surface area contributed by atoms with E-state index in [0.717, 1.165) is 4.47 Å². The highest BCUT2D eigenvalue weighted by Gasteiger charge is 2.30. The number of amides is 2. The third kappa shape index (κ3) is 8.11. The van der Waals surface area contributed by atoms with Crippen LogP contribution < -0.4 is 16.5 Å². The molecule has 0 radical (unpaired) electrons. The number of allylic oxidation sites excluding steroid dienone is 2. The molecule has 4 N–H and O–H groups in total. The number of aliphatic hydroxyl groups is 1. The number of carbonyl (C=O) groups is 2. The molecular formula is C34H40BrN3O8. The van der Waals surface area contributed by atoms with Gasteiger partial charge in [-0.3, -0.25) is 9.59 Å². The second-order valence-corrected chi connectivity index (χ2v) is 12.6. The van der Waals surface area contributed by atoms with Crippen LogP contribution in [0.1, 0.15) is 39.7 Å². The van der Waals surface area contributed by atoms with E-state index in [1.54, 1.807) is 50.3 Å². The molecule has 2 amide bonds. The minimum atomic E-state index is -0.987. The lowest BCUT2D eigenvalue weighted by Gasteiger charge is -2.29. The van der Waals surface area contributed by atoms with E-state index in [0.29, 0.717) is 45.7 Å². The van der Waals surface area contributed by atoms with Gasteiger partial charge in [0.25, 0.3) is 5.91 Å². The number of benzene rings is 2. The smallest absolute Gasteiger partial charge is 0.405 e. The lowest BCUT2D eigenvalue weighted by atomic mass is 9.87. The van der Waals surface area contributed by atoms with Gasteiger partial charge in [0.15, 0.2) is 17.4 Å². The number of nitrogens with zero attached hydrogens (tertiary/aromatic N) is 1. The Morgan fingerprint density at radius 1 is 1.15 bits per heavy atom. The zero-order valence-electron chi connectivity index (χ0n) is 26.7. The van der Waals surface area contributed by atoms with Crippen molar-refractivity contribution in [2.45, 2.75) is 65.0 Å². The maximum absolute atomic E-state index is 13.9. The van der Waals surface area contributed by atoms with Crippen LogP contribution in [0, 0.1) is 11.8 Å². The number of aromatic nitrogens is 1. The summed E-state index contributed by atoms with van der Waals surface area (Å²) in [6, 6.07) is 6.94. The maximum atomic E-state index is 13.9. The summed E-state index contributed by atoms with van der Waals surface area (Å²) >= 11 is 3.46. The van der Waals surface area contributed by atoms with Crippen LogP contribution in [0.4, 0.5) is 10.5 Å². The Kier molecular flexibility index (Phi) is 11.5. The predicted molar refractivity (Wildman–Crippen MR) is 179 cm³/mol. The Bertz CT molecular complexity index is 1710. The highest BCUT2D eigenvalue weighted by Crippen LogP contribution is 2.33. The minimum Gasteiger partial charge on any atom is -0.452 e. The second kappa shape index (κ2) is 15.2. The molecule has 2 aliphatic heterocycles. The summed E-state index contributed by atoms with van der Waals surface area (Å²) in [5, 5.41) is 14.1. The SMILES string of the molecule is COC1/C=C\C=C(/C)C(=O)Nc2cc3nc4ccc(Br)cc4oc-3c(c2=O)C[C@@H](C)C[C@H](OC)[C@H](O)[C@@H](C)/C=C(\C)[C@@H]1OC(N)=O. The fourth-order valence-corrected chi connectivity index (χ4v) is 6.01. The molecule has 0 saturated heterocycles. The van der Waals surface area contributed by atoms with Gasteiger partial charge in [-0.25, -0.2) is 9.78 Å². The molecule has 46 heavy (non-hydrogen) atoms. The maximum Gasteiger partial charge on any atom is 0.405 e. The molecule has 6 atom stereocenters. The van der Waals surface area contributed by atoms with Gasteiger partial charge in [-0.1, -0.05) is 54.1 Å². The predicted octanol–water partition coefficient (Wildman–Crippen LogP) is 5.52. The minimum absolute atomic E-state index is 0.0648. The van der Waals surface area contributed by atoms with Gasteiger partial charge in [-0.15, -0.1) is 0 Å². The number of carbonyl (C=O) groups excluding carboxylic acids is 2. The number of nitrogens with two attached hydrogens (primary N) is 1. The van der Waals surface area contributed by atoms with Crippen molar-refractivity contribution in [3.05, 3.63) is 80.0 Å². The molecule has 2 bridgehead atoms. The Labute approximate surface area is 276 Å². The molecule has 0 fully saturated rings. The van der Waals surface area contributed by atoms with Crippen molar-refractivity contribution in [1.82, 2.24) is 4.98 Å². The molecule has 0 spiro atoms. The van der Waals surface area contributed by atoms with E-state index in [4.69, 9.17) is 29.3 Å². The topological polar surface area (TPSA) is 163 Å². The van der Waals surface area contributed by atoms with Crippen molar-refractivity contribution in [2.75, 3.05) is 19.5 Å². The van der Waals surface area contributed by atoms with E-state index < -0.39 is 42.3 Å². The second-order valence-electron chi connectivity index (χ2n) is 11.7. The van der Waals surface area contributed by atoms with Gasteiger partial charge in [0, 0.05) is 35.7 Å². The van der Waals surface area contributed by atoms with Gasteiger partial charge in [-0.05, 0) is 62.4 Å². The number of halogens is 1. The van der Waals surface area contributed by atoms with Crippen molar-refractivity contribution in [3.8, 4) is 11.5 Å². The number of hydrogen-bond acceptors (Lipinski definition) is 9. The Morgan fingerprint density at radius 2 is 1.89 bits per heavy atom. The summed E-state index contributed by atoms with van der Waals surface area (Å²) in [6.07, 6.45) is 3.03. The summed E-state index contributed by atoms with van der Waals surface area (Å²) in [5.41, 5.74) is 7.83. The molecule has 1 unspecified atom stereocenters. The Balaban J connectivity index is 1.86. The van der Waals surface area contributed by atoms with Crippen molar-refractivity contribution >= 4 is 44.7 Å². The van der Waals surface area contributed by atoms with Crippen LogP contribution in [0.2, 0.25) is 0 Å². The standard InChI is InChI=1S/C34H40BrN3O8/c1-17-12-22-30(40)24(16-25-32(22)45-27-15-21(35)10-11-23(27)37-25)38-33(41)18(2)8-7-9-26(43-5)31(46-34(36)42)20(4)14-19(3)29(39)28(13-17)44-6/h7-11,14-17,19,26,28-29,31,39H,12-13H2,1-6H3,(H2,36,42)(H,38,41)/b9-7-,18-8+,20-14+/t17-,19+,26?,28+,29-,31+/m1/s1. The number of nitrogens with one attached hydrogen (secondary N) is 1. The Hall–Kier alpha value is -3.84. The molecule has 0 aromatic heterocycles. The van der Waals surface area contributed by atoms with Gasteiger partial charge in [0.2, 0.25) is 5.43 Å². The van der Waals surface area contributed by atoms with Crippen molar-refractivity contribution in [1.29, 1.82) is 0 Å². The van der Waals surface area contributed by atoms with Crippen LogP contribution in [0.15, 0.2) is 73.4 Å². The van der Waals surface area contributed by atoms with Crippen LogP contribution in [-0.4, -0.2) is 60.7 Å². The zero-order valence-corrected chi connectivity index (χ0v) is 28.3. The third-order valence-electron chi connectivity index (χ3n) is 8.13. The van der Waals surface area contributed by atoms with Gasteiger partial charge >= 0.3 is 6.09 Å². The normalized spacial score (nSPS) is 28.1. The number of rotatable bonds is 3. The molecule has 2 heterocycles. The van der Waals surface area contributed by atoms with Gasteiger partial charge < -0.3 is 34.8 Å². The highest BCUT2D eigenvalue weighted by atomic mass is 79.9. The average molecular weight is 699 g/mol. The first-order chi connectivity index (χ1) is 21.8. The van der Waals surface area contributed by atoms with Gasteiger partial charge in [0.05, 0.1) is 17.9 Å². The molecule has 1 aromatic carbocycles. The Morgan fingerprint density at radius 3 is 2.57 bits per heavy atom. The number of hydrogen-bond donors (Lipinski definition) is 3. The first-order valence-electron chi connectivity index (χ1n) is 14.9. The number of methoxy groups -OCH3 is 2. The largest absolute Gasteiger partial charge is 0.452 e. The van der Waals surface area contributed by atoms with E-state index in [1.807, 2.05) is 19.9 Å². The van der Waals surface area contributed by atoms with E-state index in [2.05, 4.69) is 21.2 Å². The molecule has 1 aromatic rings. The van der Waals surface area contributed by atoms with Crippen LogP contribution >= 0.6 is 15.9 Å². The molecule has 3 aliphatic rings. The lowest BCUT2D eigenvalue weighted by Crippen LogP contribution is -2.37. The summed E-state index contributed by atoms with van der Waals surface area (Å²) in [7, 11) is 2.97. The number of ether oxygens (including phenoxy) is 3. The fourth-order valence-electron chi connectivity index (χ4n) is 5.67. The molecule has 4 rings (SSSR count). The van der Waals surface area contributed by atoms with E-state index in [1.165, 1.54) is 20.3 Å². The number of anilines is 1. The van der Waals surface area contributed by atoms with E-state index >= 15 is 0 Å². The van der Waals surface area contributed by atoms with Crippen molar-refractivity contribution < 1.29 is 33.3 Å². The number of primary amides is 1. The molecule has 12 heteroatoms. The van der Waals surface area contributed by atoms with Gasteiger partial charge in [0.1, 0.15) is 17.3 Å². The quantitative estimate of drug-likeness (QED) is 0.236. The van der Waals surface area contributed by atoms with Crippen molar-refractivity contribution in [2.24, 2.45) is 17.6 Å². The summed E-state index contributed by atoms with van der Waals surface area (Å²) in [4.78, 5) is 43.7. The van der Waals surface area contributed by atoms with Gasteiger partial charge in [-0.2, -0.15) is 0 Å². The molecule has 11 nitrogen and oxygen atoms in total. The highest BCUT2D eigenvalue weighted by molar-refractivity contribution is 9.10. The average Bonchev–Trinajstić information content (AvgIpc) is 3.01. The van der Waals surface area contributed by atoms with Crippen molar-refractivity contribution in [3.63, 3.8) is 0 Å². The van der Waals surface area contributed by atoms with E-state index in [-0.39, 0.29) is 23.5 Å². The number of fused-ring (bicyclic) bond motifs is 5. The number of aliphatic hydroxyl groups excluding tert-OH is 1. The van der Waals surface area contributed by atoms with Crippen LogP contribution in [0.3, 0.4) is 0 Å². The fraction of sp³-hybridized carbons (Fsp3) is 0.412. The molecular weight excluding hydrogens is 658 g/mol. The lowest BCUT2D eigenvalue weighted by molar-refractivity contribution is -0.112. The summed E-state index contributed by atoms with van der Waals surface area (Å²) in [6.45, 7) is 7.14. The van der Waals surface area contributed by atoms with Crippen LogP contribution in [0.25, 0.3) is 22.6 Å². The first-order valence-corrected chi connectivity index (χ1v) is 15.7. The van der Waals surface area contributed by atoms with E-state index in [9.17, 15) is 19.5 Å². The molecule has 246 valence electrons.